The summed E-state index contributed by atoms with van der Waals surface area (Å²) in [6.07, 6.45) is 0.678. The van der Waals surface area contributed by atoms with Gasteiger partial charge in [0.25, 0.3) is 0 Å². The molecule has 1 heterocycles. The van der Waals surface area contributed by atoms with Crippen molar-refractivity contribution in [2.75, 3.05) is 7.11 Å². The Morgan fingerprint density at radius 3 is 2.52 bits per heavy atom. The molecule has 0 aliphatic carbocycles. The summed E-state index contributed by atoms with van der Waals surface area (Å²) in [4.78, 5) is 12.8. The summed E-state index contributed by atoms with van der Waals surface area (Å²) in [5.41, 5.74) is 1.51. The predicted octanol–water partition coefficient (Wildman–Crippen LogP) is 3.42. The Kier molecular flexibility index (Phi) is 5.45. The van der Waals surface area contributed by atoms with Crippen molar-refractivity contribution in [2.24, 2.45) is 0 Å². The van der Waals surface area contributed by atoms with E-state index in [0.29, 0.717) is 17.1 Å². The van der Waals surface area contributed by atoms with E-state index in [1.807, 2.05) is 37.3 Å². The highest BCUT2D eigenvalue weighted by Gasteiger charge is 2.23. The first kappa shape index (κ1) is 17.2. The molecule has 25 heavy (non-hydrogen) atoms. The quantitative estimate of drug-likeness (QED) is 0.478. The molecule has 2 aromatic carbocycles. The first-order valence-electron chi connectivity index (χ1n) is 7.91. The summed E-state index contributed by atoms with van der Waals surface area (Å²) in [6.45, 7) is 1.98. The molecule has 0 N–H and O–H groups in total. The second kappa shape index (κ2) is 7.94. The molecule has 0 spiro atoms. The van der Waals surface area contributed by atoms with Crippen molar-refractivity contribution in [1.29, 1.82) is 0 Å². The van der Waals surface area contributed by atoms with Crippen molar-refractivity contribution in [3.8, 4) is 11.4 Å². The lowest BCUT2D eigenvalue weighted by Crippen LogP contribution is -2.17. The van der Waals surface area contributed by atoms with E-state index in [1.54, 1.807) is 36.1 Å². The molecule has 1 atom stereocenters. The van der Waals surface area contributed by atoms with Crippen LogP contribution < -0.4 is 4.74 Å². The molecule has 0 saturated heterocycles. The molecule has 1 unspecified atom stereocenters. The maximum absolute atomic E-state index is 12.8. The van der Waals surface area contributed by atoms with Gasteiger partial charge in [0, 0.05) is 5.56 Å². The lowest BCUT2D eigenvalue weighted by Gasteiger charge is -2.13. The van der Waals surface area contributed by atoms with Crippen LogP contribution in [0.1, 0.15) is 23.7 Å². The van der Waals surface area contributed by atoms with Crippen LogP contribution in [0.4, 0.5) is 0 Å². The van der Waals surface area contributed by atoms with Crippen molar-refractivity contribution in [1.82, 2.24) is 20.2 Å². The van der Waals surface area contributed by atoms with Gasteiger partial charge in [-0.3, -0.25) is 4.79 Å². The Balaban J connectivity index is 1.81. The number of aromatic nitrogens is 4. The topological polar surface area (TPSA) is 69.9 Å². The normalized spacial score (nSPS) is 11.9. The molecule has 0 radical (unpaired) electrons. The highest BCUT2D eigenvalue weighted by atomic mass is 32.2. The lowest BCUT2D eigenvalue weighted by atomic mass is 10.1. The van der Waals surface area contributed by atoms with Gasteiger partial charge >= 0.3 is 0 Å². The van der Waals surface area contributed by atoms with E-state index in [9.17, 15) is 4.79 Å². The predicted molar refractivity (Wildman–Crippen MR) is 96.4 cm³/mol. The number of hydrogen-bond donors (Lipinski definition) is 0. The molecule has 0 aliphatic rings. The minimum atomic E-state index is -0.262. The zero-order chi connectivity index (χ0) is 17.6. The Bertz CT molecular complexity index is 834. The zero-order valence-electron chi connectivity index (χ0n) is 14.0. The maximum Gasteiger partial charge on any atom is 0.214 e. The standard InChI is InChI=1S/C18H18N4O2S/c1-3-16(17(23)13-9-11-15(24-2)12-10-13)25-18-19-20-21-22(18)14-7-5-4-6-8-14/h4-12,16H,3H2,1-2H3. The summed E-state index contributed by atoms with van der Waals surface area (Å²) in [6, 6.07) is 16.8. The molecule has 0 saturated carbocycles. The van der Waals surface area contributed by atoms with Crippen LogP contribution in [0.25, 0.3) is 5.69 Å². The van der Waals surface area contributed by atoms with Crippen molar-refractivity contribution < 1.29 is 9.53 Å². The fourth-order valence-electron chi connectivity index (χ4n) is 2.37. The molecule has 1 aromatic heterocycles. The van der Waals surface area contributed by atoms with E-state index < -0.39 is 0 Å². The summed E-state index contributed by atoms with van der Waals surface area (Å²) in [5.74, 6) is 0.781. The van der Waals surface area contributed by atoms with Gasteiger partial charge in [0.15, 0.2) is 5.78 Å². The Morgan fingerprint density at radius 1 is 1.16 bits per heavy atom. The number of rotatable bonds is 7. The molecule has 7 heteroatoms. The number of ketones is 1. The van der Waals surface area contributed by atoms with Gasteiger partial charge in [0.05, 0.1) is 18.0 Å². The van der Waals surface area contributed by atoms with Gasteiger partial charge in [-0.25, -0.2) is 0 Å². The molecule has 0 amide bonds. The minimum absolute atomic E-state index is 0.0535. The van der Waals surface area contributed by atoms with E-state index in [4.69, 9.17) is 4.74 Å². The number of thioether (sulfide) groups is 1. The third-order valence-electron chi connectivity index (χ3n) is 3.73. The molecule has 0 aliphatic heterocycles. The van der Waals surface area contributed by atoms with Crippen LogP contribution in [0.15, 0.2) is 59.8 Å². The zero-order valence-corrected chi connectivity index (χ0v) is 14.8. The third kappa shape index (κ3) is 3.88. The van der Waals surface area contributed by atoms with E-state index >= 15 is 0 Å². The average molecular weight is 354 g/mol. The van der Waals surface area contributed by atoms with E-state index in [-0.39, 0.29) is 11.0 Å². The molecular formula is C18H18N4O2S. The lowest BCUT2D eigenvalue weighted by molar-refractivity contribution is 0.0988. The molecule has 0 fully saturated rings. The number of carbonyl (C=O) groups is 1. The Morgan fingerprint density at radius 2 is 1.88 bits per heavy atom. The van der Waals surface area contributed by atoms with Gasteiger partial charge in [0.2, 0.25) is 5.16 Å². The summed E-state index contributed by atoms with van der Waals surface area (Å²) in [5, 5.41) is 12.2. The number of benzene rings is 2. The van der Waals surface area contributed by atoms with Crippen LogP contribution in [-0.4, -0.2) is 38.4 Å². The van der Waals surface area contributed by atoms with Gasteiger partial charge in [-0.1, -0.05) is 36.9 Å². The van der Waals surface area contributed by atoms with Gasteiger partial charge in [-0.15, -0.1) is 5.10 Å². The fourth-order valence-corrected chi connectivity index (χ4v) is 3.36. The second-order valence-electron chi connectivity index (χ2n) is 5.32. The number of para-hydroxylation sites is 1. The van der Waals surface area contributed by atoms with Crippen molar-refractivity contribution >= 4 is 17.5 Å². The SMILES string of the molecule is CCC(Sc1nnnn1-c1ccccc1)C(=O)c1ccc(OC)cc1. The summed E-state index contributed by atoms with van der Waals surface area (Å²) < 4.78 is 6.79. The fraction of sp³-hybridized carbons (Fsp3) is 0.222. The highest BCUT2D eigenvalue weighted by molar-refractivity contribution is 8.00. The average Bonchev–Trinajstić information content (AvgIpc) is 3.14. The first-order chi connectivity index (χ1) is 12.2. The third-order valence-corrected chi connectivity index (χ3v) is 5.02. The Hall–Kier alpha value is -2.67. The van der Waals surface area contributed by atoms with Gasteiger partial charge < -0.3 is 4.74 Å². The van der Waals surface area contributed by atoms with E-state index in [1.165, 1.54) is 11.8 Å². The Labute approximate surface area is 150 Å². The first-order valence-corrected chi connectivity index (χ1v) is 8.79. The van der Waals surface area contributed by atoms with Crippen molar-refractivity contribution in [2.45, 2.75) is 23.8 Å². The number of ether oxygens (including phenoxy) is 1. The molecule has 3 rings (SSSR count). The van der Waals surface area contributed by atoms with Crippen LogP contribution in [0, 0.1) is 0 Å². The number of methoxy groups -OCH3 is 1. The van der Waals surface area contributed by atoms with Crippen LogP contribution in [-0.2, 0) is 0 Å². The van der Waals surface area contributed by atoms with Crippen molar-refractivity contribution in [3.05, 3.63) is 60.2 Å². The molecular weight excluding hydrogens is 336 g/mol. The molecule has 0 bridgehead atoms. The number of Topliss-reactive ketones (excluding diaryl/α,β-unsaturated/α-hetero) is 1. The summed E-state index contributed by atoms with van der Waals surface area (Å²) >= 11 is 1.38. The summed E-state index contributed by atoms with van der Waals surface area (Å²) in [7, 11) is 1.60. The van der Waals surface area contributed by atoms with Crippen LogP contribution in [0.2, 0.25) is 0 Å². The van der Waals surface area contributed by atoms with Gasteiger partial charge in [-0.05, 0) is 53.2 Å². The number of nitrogens with zero attached hydrogens (tertiary/aromatic N) is 4. The smallest absolute Gasteiger partial charge is 0.214 e. The van der Waals surface area contributed by atoms with Crippen LogP contribution in [0.5, 0.6) is 5.75 Å². The largest absolute Gasteiger partial charge is 0.497 e. The van der Waals surface area contributed by atoms with Gasteiger partial charge in [-0.2, -0.15) is 4.68 Å². The maximum atomic E-state index is 12.8. The number of tetrazole rings is 1. The highest BCUT2D eigenvalue weighted by Crippen LogP contribution is 2.28. The molecule has 6 nitrogen and oxygen atoms in total. The minimum Gasteiger partial charge on any atom is -0.497 e. The monoisotopic (exact) mass is 354 g/mol. The van der Waals surface area contributed by atoms with Crippen LogP contribution in [0.3, 0.4) is 0 Å². The number of carbonyl (C=O) groups excluding carboxylic acids is 1. The van der Waals surface area contributed by atoms with Crippen LogP contribution >= 0.6 is 11.8 Å². The second-order valence-corrected chi connectivity index (χ2v) is 6.49. The number of hydrogen-bond acceptors (Lipinski definition) is 6. The van der Waals surface area contributed by atoms with Gasteiger partial charge in [0.1, 0.15) is 5.75 Å². The van der Waals surface area contributed by atoms with E-state index in [2.05, 4.69) is 15.5 Å². The van der Waals surface area contributed by atoms with E-state index in [0.717, 1.165) is 11.4 Å². The molecule has 128 valence electrons. The van der Waals surface area contributed by atoms with Crippen molar-refractivity contribution in [3.63, 3.8) is 0 Å². The molecule has 3 aromatic rings.